The van der Waals surface area contributed by atoms with E-state index in [0.717, 1.165) is 12.8 Å². The van der Waals surface area contributed by atoms with Crippen molar-refractivity contribution in [2.75, 3.05) is 25.4 Å². The Morgan fingerprint density at radius 3 is 2.83 bits per heavy atom. The number of nitrogens with zero attached hydrogens (tertiary/aromatic N) is 4. The lowest BCUT2D eigenvalue weighted by atomic mass is 10.2. The molecule has 0 radical (unpaired) electrons. The minimum Gasteiger partial charge on any atom is -0.339 e. The fraction of sp³-hybridized carbons (Fsp3) is 0.786. The molecule has 1 atom stereocenters. The van der Waals surface area contributed by atoms with E-state index in [1.54, 1.807) is 4.90 Å². The van der Waals surface area contributed by atoms with Gasteiger partial charge in [0.2, 0.25) is 21.8 Å². The summed E-state index contributed by atoms with van der Waals surface area (Å²) in [5, 5.41) is 3.98. The van der Waals surface area contributed by atoms with Crippen LogP contribution in [0.4, 0.5) is 0 Å². The van der Waals surface area contributed by atoms with E-state index in [1.807, 2.05) is 6.92 Å². The molecule has 2 saturated heterocycles. The second-order valence-electron chi connectivity index (χ2n) is 5.96. The minimum absolute atomic E-state index is 0.0440. The summed E-state index contributed by atoms with van der Waals surface area (Å²) in [6.07, 6.45) is 3.23. The number of carbonyl (C=O) groups excluding carboxylic acids is 1. The molecule has 128 valence electrons. The van der Waals surface area contributed by atoms with Crippen molar-refractivity contribution < 1.29 is 17.7 Å². The molecule has 0 unspecified atom stereocenters. The van der Waals surface area contributed by atoms with E-state index >= 15 is 0 Å². The van der Waals surface area contributed by atoms with Gasteiger partial charge in [0.25, 0.3) is 0 Å². The van der Waals surface area contributed by atoms with Crippen molar-refractivity contribution >= 4 is 15.9 Å². The molecule has 3 heterocycles. The normalized spacial score (nSPS) is 24.4. The van der Waals surface area contributed by atoms with Crippen LogP contribution in [0.3, 0.4) is 0 Å². The average molecular weight is 342 g/mol. The first-order chi connectivity index (χ1) is 11.0. The third-order valence-corrected chi connectivity index (χ3v) is 6.39. The summed E-state index contributed by atoms with van der Waals surface area (Å²) >= 11 is 0. The molecule has 0 saturated carbocycles. The van der Waals surface area contributed by atoms with Gasteiger partial charge in [0, 0.05) is 32.5 Å². The van der Waals surface area contributed by atoms with Crippen LogP contribution in [0.15, 0.2) is 4.52 Å². The van der Waals surface area contributed by atoms with Crippen molar-refractivity contribution in [2.45, 2.75) is 45.1 Å². The highest BCUT2D eigenvalue weighted by atomic mass is 32.2. The van der Waals surface area contributed by atoms with Gasteiger partial charge >= 0.3 is 0 Å². The Bertz CT molecular complexity index is 672. The molecule has 1 aromatic rings. The molecule has 1 aromatic heterocycles. The summed E-state index contributed by atoms with van der Waals surface area (Å²) in [5.41, 5.74) is 0. The molecule has 0 N–H and O–H groups in total. The number of hydrogen-bond acceptors (Lipinski definition) is 6. The van der Waals surface area contributed by atoms with Crippen LogP contribution >= 0.6 is 0 Å². The predicted molar refractivity (Wildman–Crippen MR) is 82.0 cm³/mol. The second kappa shape index (κ2) is 6.56. The maximum atomic E-state index is 12.5. The summed E-state index contributed by atoms with van der Waals surface area (Å²) in [4.78, 5) is 18.6. The molecule has 2 aliphatic rings. The number of hydrogen-bond donors (Lipinski definition) is 0. The SMILES string of the molecule is CCc1nc([C@H]2CCCN2C(=O)CCN2CCCS2(=O)=O)no1. The van der Waals surface area contributed by atoms with Crippen molar-refractivity contribution in [1.82, 2.24) is 19.3 Å². The topological polar surface area (TPSA) is 96.6 Å². The first-order valence-corrected chi connectivity index (χ1v) is 9.72. The molecular formula is C14H22N4O4S. The molecule has 1 amide bonds. The van der Waals surface area contributed by atoms with Gasteiger partial charge in [0.15, 0.2) is 5.82 Å². The van der Waals surface area contributed by atoms with Crippen molar-refractivity contribution in [3.63, 3.8) is 0 Å². The van der Waals surface area contributed by atoms with Crippen molar-refractivity contribution in [3.05, 3.63) is 11.7 Å². The van der Waals surface area contributed by atoms with Crippen LogP contribution in [0, 0.1) is 0 Å². The van der Waals surface area contributed by atoms with Gasteiger partial charge in [-0.05, 0) is 19.3 Å². The Morgan fingerprint density at radius 2 is 2.17 bits per heavy atom. The molecule has 2 aliphatic heterocycles. The molecule has 0 aliphatic carbocycles. The number of amides is 1. The first kappa shape index (κ1) is 16.4. The second-order valence-corrected chi connectivity index (χ2v) is 8.05. The highest BCUT2D eigenvalue weighted by Gasteiger charge is 2.34. The van der Waals surface area contributed by atoms with E-state index in [0.29, 0.717) is 37.6 Å². The number of likely N-dealkylation sites (tertiary alicyclic amines) is 1. The third-order valence-electron chi connectivity index (χ3n) is 4.44. The van der Waals surface area contributed by atoms with Crippen LogP contribution in [0.25, 0.3) is 0 Å². The van der Waals surface area contributed by atoms with Gasteiger partial charge in [0.05, 0.1) is 11.8 Å². The Balaban J connectivity index is 1.62. The van der Waals surface area contributed by atoms with E-state index in [4.69, 9.17) is 4.52 Å². The minimum atomic E-state index is -3.15. The average Bonchev–Trinajstić information content (AvgIpc) is 3.23. The monoisotopic (exact) mass is 342 g/mol. The lowest BCUT2D eigenvalue weighted by Crippen LogP contribution is -2.35. The van der Waals surface area contributed by atoms with E-state index in [2.05, 4.69) is 10.1 Å². The molecular weight excluding hydrogens is 320 g/mol. The maximum Gasteiger partial charge on any atom is 0.226 e. The maximum absolute atomic E-state index is 12.5. The third kappa shape index (κ3) is 3.40. The zero-order valence-electron chi connectivity index (χ0n) is 13.3. The smallest absolute Gasteiger partial charge is 0.226 e. The molecule has 0 aromatic carbocycles. The Morgan fingerprint density at radius 1 is 1.35 bits per heavy atom. The van der Waals surface area contributed by atoms with Crippen LogP contribution in [-0.2, 0) is 21.2 Å². The largest absolute Gasteiger partial charge is 0.339 e. The molecule has 2 fully saturated rings. The van der Waals surface area contributed by atoms with Gasteiger partial charge in [-0.15, -0.1) is 0 Å². The van der Waals surface area contributed by atoms with Gasteiger partial charge < -0.3 is 9.42 Å². The summed E-state index contributed by atoms with van der Waals surface area (Å²) in [6, 6.07) is -0.151. The number of carbonyl (C=O) groups is 1. The van der Waals surface area contributed by atoms with E-state index < -0.39 is 10.0 Å². The molecule has 3 rings (SSSR count). The Kier molecular flexibility index (Phi) is 4.67. The van der Waals surface area contributed by atoms with Crippen molar-refractivity contribution in [2.24, 2.45) is 0 Å². The predicted octanol–water partition coefficient (Wildman–Crippen LogP) is 0.721. The quantitative estimate of drug-likeness (QED) is 0.782. The van der Waals surface area contributed by atoms with Gasteiger partial charge in [-0.3, -0.25) is 4.79 Å². The fourth-order valence-corrected chi connectivity index (χ4v) is 4.72. The van der Waals surface area contributed by atoms with Crippen LogP contribution in [0.2, 0.25) is 0 Å². The number of aryl methyl sites for hydroxylation is 1. The zero-order valence-corrected chi connectivity index (χ0v) is 14.1. The van der Waals surface area contributed by atoms with Crippen molar-refractivity contribution in [1.29, 1.82) is 0 Å². The fourth-order valence-electron chi connectivity index (χ4n) is 3.19. The van der Waals surface area contributed by atoms with E-state index in [-0.39, 0.29) is 30.7 Å². The molecule has 0 bridgehead atoms. The highest BCUT2D eigenvalue weighted by molar-refractivity contribution is 7.89. The summed E-state index contributed by atoms with van der Waals surface area (Å²) in [6.45, 7) is 3.37. The molecule has 23 heavy (non-hydrogen) atoms. The van der Waals surface area contributed by atoms with Crippen LogP contribution in [0.1, 0.15) is 50.4 Å². The van der Waals surface area contributed by atoms with Gasteiger partial charge in [-0.2, -0.15) is 4.98 Å². The number of rotatable bonds is 5. The van der Waals surface area contributed by atoms with E-state index in [9.17, 15) is 13.2 Å². The van der Waals surface area contributed by atoms with E-state index in [1.165, 1.54) is 4.31 Å². The first-order valence-electron chi connectivity index (χ1n) is 8.11. The number of sulfonamides is 1. The standard InChI is InChI=1S/C14H22N4O4S/c1-2-12-15-14(16-22-12)11-5-3-8-18(11)13(19)6-9-17-7-4-10-23(17,20)21/h11H,2-10H2,1H3/t11-/m1/s1. The molecule has 8 nitrogen and oxygen atoms in total. The summed E-state index contributed by atoms with van der Waals surface area (Å²) in [5.74, 6) is 1.28. The van der Waals surface area contributed by atoms with Crippen LogP contribution in [0.5, 0.6) is 0 Å². The van der Waals surface area contributed by atoms with Crippen LogP contribution in [-0.4, -0.2) is 59.1 Å². The highest BCUT2D eigenvalue weighted by Crippen LogP contribution is 2.30. The van der Waals surface area contributed by atoms with Gasteiger partial charge in [-0.1, -0.05) is 12.1 Å². The Labute approximate surface area is 135 Å². The van der Waals surface area contributed by atoms with Crippen molar-refractivity contribution in [3.8, 4) is 0 Å². The molecule has 9 heteroatoms. The summed E-state index contributed by atoms with van der Waals surface area (Å²) < 4.78 is 30.1. The number of aromatic nitrogens is 2. The lowest BCUT2D eigenvalue weighted by molar-refractivity contribution is -0.132. The zero-order chi connectivity index (χ0) is 16.4. The van der Waals surface area contributed by atoms with Gasteiger partial charge in [-0.25, -0.2) is 12.7 Å². The van der Waals surface area contributed by atoms with Crippen LogP contribution < -0.4 is 0 Å². The van der Waals surface area contributed by atoms with Gasteiger partial charge in [0.1, 0.15) is 0 Å². The summed E-state index contributed by atoms with van der Waals surface area (Å²) in [7, 11) is -3.15. The molecule has 0 spiro atoms. The Hall–Kier alpha value is -1.48. The lowest BCUT2D eigenvalue weighted by Gasteiger charge is -2.23.